The van der Waals surface area contributed by atoms with Crippen LogP contribution < -0.4 is 0 Å². The van der Waals surface area contributed by atoms with Gasteiger partial charge >= 0.3 is 0 Å². The predicted octanol–water partition coefficient (Wildman–Crippen LogP) is 1.08. The molecule has 1 aliphatic heterocycles. The van der Waals surface area contributed by atoms with Crippen LogP contribution in [-0.4, -0.2) is 40.2 Å². The Bertz CT molecular complexity index is 355. The minimum absolute atomic E-state index is 0.335. The maximum Gasteiger partial charge on any atom is 0.0928 e. The molecule has 0 atom stereocenters. The fourth-order valence-electron chi connectivity index (χ4n) is 2.60. The van der Waals surface area contributed by atoms with Crippen molar-refractivity contribution in [3.05, 3.63) is 30.1 Å². The first-order valence-electron chi connectivity index (χ1n) is 6.10. The minimum atomic E-state index is -0.335. The van der Waals surface area contributed by atoms with E-state index >= 15 is 0 Å². The Hall–Kier alpha value is -0.930. The molecule has 1 saturated heterocycles. The number of aliphatic hydroxyl groups is 1. The fraction of sp³-hybridized carbons (Fsp3) is 0.615. The summed E-state index contributed by atoms with van der Waals surface area (Å²) < 4.78 is 0. The van der Waals surface area contributed by atoms with Gasteiger partial charge in [-0.2, -0.15) is 0 Å². The highest BCUT2D eigenvalue weighted by molar-refractivity contribution is 5.11. The SMILES string of the molecule is OC1(C2CC2)CN(CCc2ccncc2)C1. The Morgan fingerprint density at radius 1 is 1.31 bits per heavy atom. The number of likely N-dealkylation sites (tertiary alicyclic amines) is 1. The van der Waals surface area contributed by atoms with E-state index in [9.17, 15) is 5.11 Å². The van der Waals surface area contributed by atoms with Gasteiger partial charge in [0, 0.05) is 32.0 Å². The molecule has 2 fully saturated rings. The van der Waals surface area contributed by atoms with Crippen LogP contribution >= 0.6 is 0 Å². The molecule has 0 amide bonds. The largest absolute Gasteiger partial charge is 0.387 e. The minimum Gasteiger partial charge on any atom is -0.387 e. The summed E-state index contributed by atoms with van der Waals surface area (Å²) in [5.74, 6) is 0.602. The Labute approximate surface area is 96.1 Å². The van der Waals surface area contributed by atoms with E-state index in [0.717, 1.165) is 26.1 Å². The van der Waals surface area contributed by atoms with Crippen LogP contribution in [-0.2, 0) is 6.42 Å². The van der Waals surface area contributed by atoms with Gasteiger partial charge in [-0.05, 0) is 42.9 Å². The molecular weight excluding hydrogens is 200 g/mol. The lowest BCUT2D eigenvalue weighted by molar-refractivity contribution is -0.112. The topological polar surface area (TPSA) is 36.4 Å². The maximum absolute atomic E-state index is 10.2. The van der Waals surface area contributed by atoms with Crippen LogP contribution in [0.1, 0.15) is 18.4 Å². The van der Waals surface area contributed by atoms with Gasteiger partial charge in [-0.3, -0.25) is 9.88 Å². The highest BCUT2D eigenvalue weighted by atomic mass is 16.3. The molecule has 2 aliphatic rings. The smallest absolute Gasteiger partial charge is 0.0928 e. The van der Waals surface area contributed by atoms with Crippen LogP contribution in [0, 0.1) is 5.92 Å². The van der Waals surface area contributed by atoms with Crippen molar-refractivity contribution in [2.75, 3.05) is 19.6 Å². The molecule has 0 radical (unpaired) electrons. The van der Waals surface area contributed by atoms with Gasteiger partial charge in [0.25, 0.3) is 0 Å². The molecule has 3 nitrogen and oxygen atoms in total. The van der Waals surface area contributed by atoms with Gasteiger partial charge in [0.2, 0.25) is 0 Å². The molecule has 3 rings (SSSR count). The summed E-state index contributed by atoms with van der Waals surface area (Å²) in [7, 11) is 0. The van der Waals surface area contributed by atoms with Crippen LogP contribution in [0.3, 0.4) is 0 Å². The first-order chi connectivity index (χ1) is 7.76. The van der Waals surface area contributed by atoms with E-state index in [-0.39, 0.29) is 5.60 Å². The summed E-state index contributed by atoms with van der Waals surface area (Å²) in [6, 6.07) is 4.12. The molecular formula is C13H18N2O. The van der Waals surface area contributed by atoms with E-state index in [1.54, 1.807) is 0 Å². The van der Waals surface area contributed by atoms with E-state index in [1.807, 2.05) is 12.4 Å². The zero-order chi connectivity index (χ0) is 11.0. The summed E-state index contributed by atoms with van der Waals surface area (Å²) in [6.07, 6.45) is 7.20. The Kier molecular flexibility index (Phi) is 2.45. The first-order valence-corrected chi connectivity index (χ1v) is 6.10. The highest BCUT2D eigenvalue weighted by Crippen LogP contribution is 2.44. The van der Waals surface area contributed by atoms with Gasteiger partial charge in [-0.25, -0.2) is 0 Å². The zero-order valence-electron chi connectivity index (χ0n) is 9.47. The van der Waals surface area contributed by atoms with Gasteiger partial charge < -0.3 is 5.11 Å². The molecule has 0 unspecified atom stereocenters. The molecule has 86 valence electrons. The van der Waals surface area contributed by atoms with Crippen LogP contribution in [0.5, 0.6) is 0 Å². The molecule has 1 aromatic rings. The van der Waals surface area contributed by atoms with Crippen molar-refractivity contribution in [1.29, 1.82) is 0 Å². The first kappa shape index (κ1) is 10.2. The lowest BCUT2D eigenvalue weighted by Crippen LogP contribution is -2.63. The third-order valence-electron chi connectivity index (χ3n) is 3.80. The van der Waals surface area contributed by atoms with Gasteiger partial charge in [0.1, 0.15) is 0 Å². The predicted molar refractivity (Wildman–Crippen MR) is 62.1 cm³/mol. The van der Waals surface area contributed by atoms with Crippen LogP contribution in [0.2, 0.25) is 0 Å². The quantitative estimate of drug-likeness (QED) is 0.821. The summed E-state index contributed by atoms with van der Waals surface area (Å²) in [6.45, 7) is 2.81. The molecule has 3 heteroatoms. The third kappa shape index (κ3) is 1.97. The number of nitrogens with zero attached hydrogens (tertiary/aromatic N) is 2. The summed E-state index contributed by atoms with van der Waals surface area (Å²) >= 11 is 0. The van der Waals surface area contributed by atoms with E-state index < -0.39 is 0 Å². The van der Waals surface area contributed by atoms with Crippen molar-refractivity contribution in [2.45, 2.75) is 24.9 Å². The molecule has 1 N–H and O–H groups in total. The molecule has 0 aromatic carbocycles. The number of pyridine rings is 1. The lowest BCUT2D eigenvalue weighted by Gasteiger charge is -2.47. The Morgan fingerprint density at radius 3 is 2.62 bits per heavy atom. The van der Waals surface area contributed by atoms with E-state index in [4.69, 9.17) is 0 Å². The average molecular weight is 218 g/mol. The molecule has 1 saturated carbocycles. The monoisotopic (exact) mass is 218 g/mol. The maximum atomic E-state index is 10.2. The van der Waals surface area contributed by atoms with Crippen molar-refractivity contribution in [1.82, 2.24) is 9.88 Å². The molecule has 1 aliphatic carbocycles. The van der Waals surface area contributed by atoms with Gasteiger partial charge in [0.15, 0.2) is 0 Å². The summed E-state index contributed by atoms with van der Waals surface area (Å²) in [5, 5.41) is 10.2. The van der Waals surface area contributed by atoms with Crippen LogP contribution in [0.4, 0.5) is 0 Å². The summed E-state index contributed by atoms with van der Waals surface area (Å²) in [4.78, 5) is 6.35. The third-order valence-corrected chi connectivity index (χ3v) is 3.80. The van der Waals surface area contributed by atoms with Gasteiger partial charge in [0.05, 0.1) is 5.60 Å². The zero-order valence-corrected chi connectivity index (χ0v) is 9.47. The number of β-amino-alcohol motifs (C(OH)–C–C–N with tert-alkyl or cyclic N) is 1. The van der Waals surface area contributed by atoms with Crippen molar-refractivity contribution in [2.24, 2.45) is 5.92 Å². The Balaban J connectivity index is 1.45. The van der Waals surface area contributed by atoms with Gasteiger partial charge in [-0.1, -0.05) is 0 Å². The second-order valence-electron chi connectivity index (χ2n) is 5.19. The van der Waals surface area contributed by atoms with Crippen LogP contribution in [0.15, 0.2) is 24.5 Å². The fourth-order valence-corrected chi connectivity index (χ4v) is 2.60. The van der Waals surface area contributed by atoms with Gasteiger partial charge in [-0.15, -0.1) is 0 Å². The highest BCUT2D eigenvalue weighted by Gasteiger charge is 2.51. The second-order valence-corrected chi connectivity index (χ2v) is 5.19. The number of rotatable bonds is 4. The Morgan fingerprint density at radius 2 is 2.00 bits per heavy atom. The molecule has 2 heterocycles. The number of hydrogen-bond acceptors (Lipinski definition) is 3. The second kappa shape index (κ2) is 3.82. The lowest BCUT2D eigenvalue weighted by atomic mass is 9.88. The van der Waals surface area contributed by atoms with E-state index in [1.165, 1.54) is 18.4 Å². The average Bonchev–Trinajstić information content (AvgIpc) is 3.08. The van der Waals surface area contributed by atoms with E-state index in [2.05, 4.69) is 22.0 Å². The standard InChI is InChI=1S/C13H18N2O/c16-13(12-1-2-12)9-15(10-13)8-5-11-3-6-14-7-4-11/h3-4,6-7,12,16H,1-2,5,8-10H2. The van der Waals surface area contributed by atoms with E-state index in [0.29, 0.717) is 5.92 Å². The normalized spacial score (nSPS) is 24.1. The molecule has 16 heavy (non-hydrogen) atoms. The van der Waals surface area contributed by atoms with Crippen LogP contribution in [0.25, 0.3) is 0 Å². The van der Waals surface area contributed by atoms with Crippen molar-refractivity contribution >= 4 is 0 Å². The van der Waals surface area contributed by atoms with Crippen molar-refractivity contribution in [3.63, 3.8) is 0 Å². The summed E-state index contributed by atoms with van der Waals surface area (Å²) in [5.41, 5.74) is 0.995. The molecule has 0 spiro atoms. The number of hydrogen-bond donors (Lipinski definition) is 1. The molecule has 0 bridgehead atoms. The van der Waals surface area contributed by atoms with Crippen molar-refractivity contribution in [3.8, 4) is 0 Å². The molecule has 1 aromatic heterocycles. The number of aromatic nitrogens is 1. The van der Waals surface area contributed by atoms with Crippen molar-refractivity contribution < 1.29 is 5.11 Å².